The van der Waals surface area contributed by atoms with Crippen LogP contribution >= 0.6 is 11.8 Å². The van der Waals surface area contributed by atoms with E-state index in [0.717, 1.165) is 6.54 Å². The number of hydrogen-bond donors (Lipinski definition) is 1. The number of hydrogen-bond acceptors (Lipinski definition) is 3. The molecule has 1 N–H and O–H groups in total. The molecule has 1 aliphatic carbocycles. The SMILES string of the molecule is O=C1CNC(C2CCCC2)N1CC1CCCCS1. The van der Waals surface area contributed by atoms with Crippen LogP contribution in [0, 0.1) is 5.92 Å². The first-order valence-corrected chi connectivity index (χ1v) is 8.54. The molecule has 4 heteroatoms. The topological polar surface area (TPSA) is 32.3 Å². The lowest BCUT2D eigenvalue weighted by Crippen LogP contribution is -2.45. The fourth-order valence-corrected chi connectivity index (χ4v) is 4.94. The normalized spacial score (nSPS) is 34.4. The van der Waals surface area contributed by atoms with Crippen molar-refractivity contribution in [3.05, 3.63) is 0 Å². The Balaban J connectivity index is 1.61. The molecule has 2 saturated heterocycles. The molecule has 102 valence electrons. The molecule has 0 aromatic heterocycles. The lowest BCUT2D eigenvalue weighted by atomic mass is 10.0. The average molecular weight is 268 g/mol. The molecule has 3 aliphatic rings. The van der Waals surface area contributed by atoms with Crippen LogP contribution in [0.1, 0.15) is 44.9 Å². The summed E-state index contributed by atoms with van der Waals surface area (Å²) < 4.78 is 0. The van der Waals surface area contributed by atoms with Gasteiger partial charge in [0.1, 0.15) is 0 Å². The van der Waals surface area contributed by atoms with E-state index in [0.29, 0.717) is 29.8 Å². The lowest BCUT2D eigenvalue weighted by Gasteiger charge is -2.33. The molecule has 3 nitrogen and oxygen atoms in total. The number of thioether (sulfide) groups is 1. The van der Waals surface area contributed by atoms with Gasteiger partial charge in [0.25, 0.3) is 0 Å². The summed E-state index contributed by atoms with van der Waals surface area (Å²) in [6.07, 6.45) is 9.67. The largest absolute Gasteiger partial charge is 0.325 e. The van der Waals surface area contributed by atoms with Gasteiger partial charge in [0, 0.05) is 11.8 Å². The van der Waals surface area contributed by atoms with Gasteiger partial charge in [-0.2, -0.15) is 11.8 Å². The summed E-state index contributed by atoms with van der Waals surface area (Å²) >= 11 is 2.07. The van der Waals surface area contributed by atoms with E-state index in [4.69, 9.17) is 0 Å². The van der Waals surface area contributed by atoms with E-state index < -0.39 is 0 Å². The fourth-order valence-electron chi connectivity index (χ4n) is 3.64. The Morgan fingerprint density at radius 3 is 2.67 bits per heavy atom. The maximum atomic E-state index is 12.1. The number of carbonyl (C=O) groups is 1. The second-order valence-electron chi connectivity index (χ2n) is 5.90. The molecule has 0 aromatic carbocycles. The zero-order valence-electron chi connectivity index (χ0n) is 11.1. The highest BCUT2D eigenvalue weighted by Crippen LogP contribution is 2.33. The van der Waals surface area contributed by atoms with Gasteiger partial charge in [0.2, 0.25) is 5.91 Å². The van der Waals surface area contributed by atoms with Crippen LogP contribution < -0.4 is 5.32 Å². The molecule has 0 aromatic rings. The number of carbonyl (C=O) groups excluding carboxylic acids is 1. The quantitative estimate of drug-likeness (QED) is 0.852. The summed E-state index contributed by atoms with van der Waals surface area (Å²) in [4.78, 5) is 14.2. The summed E-state index contributed by atoms with van der Waals surface area (Å²) in [7, 11) is 0. The zero-order valence-corrected chi connectivity index (χ0v) is 11.9. The van der Waals surface area contributed by atoms with Crippen molar-refractivity contribution < 1.29 is 4.79 Å². The summed E-state index contributed by atoms with van der Waals surface area (Å²) in [5.41, 5.74) is 0. The molecule has 0 bridgehead atoms. The zero-order chi connectivity index (χ0) is 12.4. The molecule has 0 radical (unpaired) electrons. The van der Waals surface area contributed by atoms with Crippen molar-refractivity contribution in [2.24, 2.45) is 5.92 Å². The van der Waals surface area contributed by atoms with Crippen molar-refractivity contribution >= 4 is 17.7 Å². The van der Waals surface area contributed by atoms with E-state index >= 15 is 0 Å². The molecule has 18 heavy (non-hydrogen) atoms. The number of rotatable bonds is 3. The van der Waals surface area contributed by atoms with Crippen LogP contribution in [-0.2, 0) is 4.79 Å². The van der Waals surface area contributed by atoms with Crippen LogP contribution in [0.25, 0.3) is 0 Å². The first kappa shape index (κ1) is 12.8. The Kier molecular flexibility index (Phi) is 4.14. The Bertz CT molecular complexity index is 298. The smallest absolute Gasteiger partial charge is 0.237 e. The number of nitrogens with zero attached hydrogens (tertiary/aromatic N) is 1. The second kappa shape index (κ2) is 5.83. The standard InChI is InChI=1S/C14H24N2OS/c17-13-9-15-14(11-5-1-2-6-11)16(13)10-12-7-3-4-8-18-12/h11-12,14-15H,1-10H2. The third-order valence-corrected chi connectivity index (χ3v) is 6.02. The van der Waals surface area contributed by atoms with Gasteiger partial charge in [-0.1, -0.05) is 19.3 Å². The molecule has 1 saturated carbocycles. The third-order valence-electron chi connectivity index (χ3n) is 4.64. The highest BCUT2D eigenvalue weighted by Gasteiger charge is 2.38. The van der Waals surface area contributed by atoms with E-state index in [9.17, 15) is 4.79 Å². The summed E-state index contributed by atoms with van der Waals surface area (Å²) in [6.45, 7) is 1.55. The van der Waals surface area contributed by atoms with E-state index in [1.807, 2.05) is 0 Å². The van der Waals surface area contributed by atoms with Crippen molar-refractivity contribution in [2.45, 2.75) is 56.4 Å². The Morgan fingerprint density at radius 2 is 1.94 bits per heavy atom. The van der Waals surface area contributed by atoms with E-state index in [-0.39, 0.29) is 0 Å². The molecular formula is C14H24N2OS. The minimum Gasteiger partial charge on any atom is -0.325 e. The molecule has 2 unspecified atom stereocenters. The molecule has 2 aliphatic heterocycles. The summed E-state index contributed by atoms with van der Waals surface area (Å²) in [6, 6.07) is 0. The molecule has 2 atom stereocenters. The van der Waals surface area contributed by atoms with Crippen LogP contribution in [0.15, 0.2) is 0 Å². The van der Waals surface area contributed by atoms with Gasteiger partial charge < -0.3 is 4.90 Å². The predicted molar refractivity (Wildman–Crippen MR) is 75.6 cm³/mol. The molecule has 1 amide bonds. The highest BCUT2D eigenvalue weighted by atomic mass is 32.2. The Hall–Kier alpha value is -0.220. The molecule has 2 heterocycles. The van der Waals surface area contributed by atoms with Crippen molar-refractivity contribution in [2.75, 3.05) is 18.8 Å². The first-order chi connectivity index (χ1) is 8.84. The van der Waals surface area contributed by atoms with Crippen LogP contribution in [0.3, 0.4) is 0 Å². The van der Waals surface area contributed by atoms with Gasteiger partial charge in [-0.05, 0) is 37.4 Å². The van der Waals surface area contributed by atoms with E-state index in [1.165, 1.54) is 50.7 Å². The Morgan fingerprint density at radius 1 is 1.17 bits per heavy atom. The highest BCUT2D eigenvalue weighted by molar-refractivity contribution is 7.99. The van der Waals surface area contributed by atoms with Crippen molar-refractivity contribution in [3.63, 3.8) is 0 Å². The van der Waals surface area contributed by atoms with E-state index in [1.54, 1.807) is 0 Å². The monoisotopic (exact) mass is 268 g/mol. The maximum absolute atomic E-state index is 12.1. The van der Waals surface area contributed by atoms with Crippen molar-refractivity contribution in [1.82, 2.24) is 10.2 Å². The minimum atomic E-state index is 0.332. The molecule has 0 spiro atoms. The second-order valence-corrected chi connectivity index (χ2v) is 7.31. The van der Waals surface area contributed by atoms with Crippen LogP contribution in [-0.4, -0.2) is 41.1 Å². The maximum Gasteiger partial charge on any atom is 0.237 e. The molecular weight excluding hydrogens is 244 g/mol. The van der Waals surface area contributed by atoms with Gasteiger partial charge >= 0.3 is 0 Å². The van der Waals surface area contributed by atoms with Crippen LogP contribution in [0.2, 0.25) is 0 Å². The van der Waals surface area contributed by atoms with Gasteiger partial charge in [-0.3, -0.25) is 10.1 Å². The number of amides is 1. The van der Waals surface area contributed by atoms with Gasteiger partial charge in [0.15, 0.2) is 0 Å². The van der Waals surface area contributed by atoms with E-state index in [2.05, 4.69) is 22.0 Å². The molecule has 3 fully saturated rings. The number of nitrogens with one attached hydrogen (secondary N) is 1. The van der Waals surface area contributed by atoms with Gasteiger partial charge in [-0.15, -0.1) is 0 Å². The Labute approximate surface area is 114 Å². The molecule has 3 rings (SSSR count). The fraction of sp³-hybridized carbons (Fsp3) is 0.929. The van der Waals surface area contributed by atoms with Crippen LogP contribution in [0.5, 0.6) is 0 Å². The summed E-state index contributed by atoms with van der Waals surface area (Å²) in [5.74, 6) is 2.33. The third kappa shape index (κ3) is 2.69. The van der Waals surface area contributed by atoms with Gasteiger partial charge in [0.05, 0.1) is 12.7 Å². The van der Waals surface area contributed by atoms with Crippen molar-refractivity contribution in [3.8, 4) is 0 Å². The van der Waals surface area contributed by atoms with Crippen LogP contribution in [0.4, 0.5) is 0 Å². The first-order valence-electron chi connectivity index (χ1n) is 7.49. The summed E-state index contributed by atoms with van der Waals surface area (Å²) in [5, 5.41) is 4.14. The van der Waals surface area contributed by atoms with Gasteiger partial charge in [-0.25, -0.2) is 0 Å². The predicted octanol–water partition coefficient (Wildman–Crippen LogP) is 2.22. The average Bonchev–Trinajstić information content (AvgIpc) is 3.02. The lowest BCUT2D eigenvalue weighted by molar-refractivity contribution is -0.128. The van der Waals surface area contributed by atoms with Crippen molar-refractivity contribution in [1.29, 1.82) is 0 Å². The minimum absolute atomic E-state index is 0.332.